The number of carbonyl (C=O) groups is 1. The van der Waals surface area contributed by atoms with E-state index in [9.17, 15) is 13.2 Å². The molecule has 3 aromatic rings. The molecule has 29 heavy (non-hydrogen) atoms. The Bertz CT molecular complexity index is 1180. The Balaban J connectivity index is 1.54. The van der Waals surface area contributed by atoms with Gasteiger partial charge in [0.05, 0.1) is 23.3 Å². The van der Waals surface area contributed by atoms with Gasteiger partial charge in [-0.15, -0.1) is 11.3 Å². The summed E-state index contributed by atoms with van der Waals surface area (Å²) in [4.78, 5) is 25.7. The lowest BCUT2D eigenvalue weighted by molar-refractivity contribution is 0.102. The number of anilines is 1. The molecule has 0 spiro atoms. The summed E-state index contributed by atoms with van der Waals surface area (Å²) in [5, 5.41) is 3.14. The van der Waals surface area contributed by atoms with E-state index in [-0.39, 0.29) is 12.2 Å². The molecule has 10 heteroatoms. The smallest absolute Gasteiger partial charge is 0.277 e. The van der Waals surface area contributed by atoms with Gasteiger partial charge < -0.3 is 0 Å². The lowest BCUT2D eigenvalue weighted by Gasteiger charge is -2.26. The summed E-state index contributed by atoms with van der Waals surface area (Å²) in [7, 11) is -3.60. The van der Waals surface area contributed by atoms with Crippen molar-refractivity contribution in [2.45, 2.75) is 31.7 Å². The predicted octanol–water partition coefficient (Wildman–Crippen LogP) is 2.55. The average molecular weight is 430 g/mol. The average Bonchev–Trinajstić information content (AvgIpc) is 3.09. The van der Waals surface area contributed by atoms with E-state index >= 15 is 0 Å². The van der Waals surface area contributed by atoms with Gasteiger partial charge in [-0.1, -0.05) is 17.7 Å². The number of nitrogens with zero attached hydrogens (tertiary/aromatic N) is 4. The summed E-state index contributed by atoms with van der Waals surface area (Å²) in [6, 6.07) is 5.34. The maximum atomic E-state index is 13.1. The molecular formula is C19H19N5O3S2. The Morgan fingerprint density at radius 2 is 2.07 bits per heavy atom. The normalized spacial score (nSPS) is 14.4. The zero-order chi connectivity index (χ0) is 20.6. The van der Waals surface area contributed by atoms with Crippen LogP contribution < -0.4 is 5.32 Å². The Morgan fingerprint density at radius 1 is 1.24 bits per heavy atom. The zero-order valence-electron chi connectivity index (χ0n) is 15.9. The van der Waals surface area contributed by atoms with Gasteiger partial charge in [0.25, 0.3) is 5.91 Å². The molecule has 1 aliphatic rings. The molecule has 1 amide bonds. The summed E-state index contributed by atoms with van der Waals surface area (Å²) < 4.78 is 27.7. The SMILES string of the molecule is Cc1ccc(S(=O)(=O)N2CCc3nc(NC(=O)c4cnccn4)sc3C2)c(C)c1. The third kappa shape index (κ3) is 3.91. The second-order valence-corrected chi connectivity index (χ2v) is 9.78. The summed E-state index contributed by atoms with van der Waals surface area (Å²) in [5.41, 5.74) is 2.77. The molecule has 0 bridgehead atoms. The van der Waals surface area contributed by atoms with Gasteiger partial charge in [-0.3, -0.25) is 15.1 Å². The third-order valence-corrected chi connectivity index (χ3v) is 7.66. The van der Waals surface area contributed by atoms with Gasteiger partial charge in [0.1, 0.15) is 5.69 Å². The number of hydrogen-bond donors (Lipinski definition) is 1. The van der Waals surface area contributed by atoms with Crippen molar-refractivity contribution in [3.05, 3.63) is 64.2 Å². The molecule has 0 fully saturated rings. The van der Waals surface area contributed by atoms with Crippen molar-refractivity contribution in [3.8, 4) is 0 Å². The zero-order valence-corrected chi connectivity index (χ0v) is 17.5. The molecule has 0 saturated carbocycles. The molecule has 0 atom stereocenters. The lowest BCUT2D eigenvalue weighted by atomic mass is 10.2. The summed E-state index contributed by atoms with van der Waals surface area (Å²) in [5.74, 6) is -0.399. The van der Waals surface area contributed by atoms with E-state index in [1.54, 1.807) is 6.07 Å². The number of aromatic nitrogens is 3. The number of benzene rings is 1. The van der Waals surface area contributed by atoms with Gasteiger partial charge in [-0.05, 0) is 25.5 Å². The highest BCUT2D eigenvalue weighted by Gasteiger charge is 2.31. The molecule has 0 radical (unpaired) electrons. The fourth-order valence-electron chi connectivity index (χ4n) is 3.24. The first-order valence-corrected chi connectivity index (χ1v) is 11.2. The van der Waals surface area contributed by atoms with E-state index in [1.165, 1.54) is 34.2 Å². The molecular weight excluding hydrogens is 410 g/mol. The van der Waals surface area contributed by atoms with Gasteiger partial charge in [0.2, 0.25) is 10.0 Å². The standard InChI is InChI=1S/C19H19N5O3S2/c1-12-3-4-17(13(2)9-12)29(26,27)24-8-5-14-16(11-24)28-19(22-14)23-18(25)15-10-20-6-7-21-15/h3-4,6-7,9-10H,5,8,11H2,1-2H3,(H,22,23,25). The van der Waals surface area contributed by atoms with E-state index in [2.05, 4.69) is 20.3 Å². The number of fused-ring (bicyclic) bond motifs is 1. The molecule has 2 aromatic heterocycles. The first kappa shape index (κ1) is 19.6. The van der Waals surface area contributed by atoms with Crippen molar-refractivity contribution in [1.29, 1.82) is 0 Å². The highest BCUT2D eigenvalue weighted by Crippen LogP contribution is 2.32. The maximum Gasteiger partial charge on any atom is 0.277 e. The highest BCUT2D eigenvalue weighted by atomic mass is 32.2. The molecule has 8 nitrogen and oxygen atoms in total. The third-order valence-electron chi connectivity index (χ3n) is 4.66. The molecule has 1 aliphatic heterocycles. The Hall–Kier alpha value is -2.69. The Kier molecular flexibility index (Phi) is 5.15. The van der Waals surface area contributed by atoms with E-state index in [0.717, 1.165) is 21.7 Å². The van der Waals surface area contributed by atoms with Crippen LogP contribution in [0.1, 0.15) is 32.2 Å². The topological polar surface area (TPSA) is 105 Å². The van der Waals surface area contributed by atoms with Crippen LogP contribution in [0.25, 0.3) is 0 Å². The number of aryl methyl sites for hydroxylation is 2. The van der Waals surface area contributed by atoms with Crippen LogP contribution in [0.5, 0.6) is 0 Å². The van der Waals surface area contributed by atoms with Crippen LogP contribution >= 0.6 is 11.3 Å². The van der Waals surface area contributed by atoms with E-state index in [1.807, 2.05) is 26.0 Å². The minimum Gasteiger partial charge on any atom is -0.296 e. The van der Waals surface area contributed by atoms with Crippen molar-refractivity contribution in [1.82, 2.24) is 19.3 Å². The van der Waals surface area contributed by atoms with Crippen LogP contribution in [-0.4, -0.2) is 40.1 Å². The van der Waals surface area contributed by atoms with Crippen molar-refractivity contribution < 1.29 is 13.2 Å². The van der Waals surface area contributed by atoms with E-state index < -0.39 is 15.9 Å². The molecule has 0 aliphatic carbocycles. The Morgan fingerprint density at radius 3 is 2.79 bits per heavy atom. The van der Waals surface area contributed by atoms with Gasteiger partial charge in [0.15, 0.2) is 5.13 Å². The van der Waals surface area contributed by atoms with Gasteiger partial charge in [-0.2, -0.15) is 4.31 Å². The molecule has 4 rings (SSSR count). The van der Waals surface area contributed by atoms with Crippen LogP contribution in [0, 0.1) is 13.8 Å². The minimum absolute atomic E-state index is 0.194. The first-order valence-electron chi connectivity index (χ1n) is 8.98. The number of hydrogen-bond acceptors (Lipinski definition) is 7. The first-order chi connectivity index (χ1) is 13.8. The molecule has 0 saturated heterocycles. The van der Waals surface area contributed by atoms with E-state index in [4.69, 9.17) is 0 Å². The number of carbonyl (C=O) groups excluding carboxylic acids is 1. The van der Waals surface area contributed by atoms with Crippen LogP contribution in [0.15, 0.2) is 41.7 Å². The Labute approximate surface area is 172 Å². The number of amides is 1. The number of rotatable bonds is 4. The van der Waals surface area contributed by atoms with Crippen molar-refractivity contribution in [2.24, 2.45) is 0 Å². The van der Waals surface area contributed by atoms with Crippen molar-refractivity contribution in [2.75, 3.05) is 11.9 Å². The fraction of sp³-hybridized carbons (Fsp3) is 0.263. The van der Waals surface area contributed by atoms with Gasteiger partial charge >= 0.3 is 0 Å². The van der Waals surface area contributed by atoms with Gasteiger partial charge in [0, 0.05) is 30.2 Å². The highest BCUT2D eigenvalue weighted by molar-refractivity contribution is 7.89. The summed E-state index contributed by atoms with van der Waals surface area (Å²) >= 11 is 1.28. The van der Waals surface area contributed by atoms with Crippen LogP contribution in [0.3, 0.4) is 0 Å². The number of thiazole rings is 1. The number of nitrogens with one attached hydrogen (secondary N) is 1. The molecule has 150 valence electrons. The van der Waals surface area contributed by atoms with Crippen molar-refractivity contribution in [3.63, 3.8) is 0 Å². The summed E-state index contributed by atoms with van der Waals surface area (Å²) in [6.45, 7) is 4.33. The summed E-state index contributed by atoms with van der Waals surface area (Å²) in [6.07, 6.45) is 4.80. The second-order valence-electron chi connectivity index (χ2n) is 6.79. The quantitative estimate of drug-likeness (QED) is 0.683. The van der Waals surface area contributed by atoms with E-state index in [0.29, 0.717) is 23.0 Å². The van der Waals surface area contributed by atoms with Crippen LogP contribution in [0.2, 0.25) is 0 Å². The van der Waals surface area contributed by atoms with Gasteiger partial charge in [-0.25, -0.2) is 18.4 Å². The van der Waals surface area contributed by atoms with Crippen molar-refractivity contribution >= 4 is 32.4 Å². The molecule has 3 heterocycles. The lowest BCUT2D eigenvalue weighted by Crippen LogP contribution is -2.35. The van der Waals surface area contributed by atoms with Crippen LogP contribution in [0.4, 0.5) is 5.13 Å². The maximum absolute atomic E-state index is 13.1. The minimum atomic E-state index is -3.60. The second kappa shape index (κ2) is 7.62. The molecule has 0 unspecified atom stereocenters. The number of sulfonamides is 1. The molecule has 1 N–H and O–H groups in total. The predicted molar refractivity (Wildman–Crippen MR) is 109 cm³/mol. The monoisotopic (exact) mass is 429 g/mol. The van der Waals surface area contributed by atoms with Crippen LogP contribution in [-0.2, 0) is 23.0 Å². The molecule has 1 aromatic carbocycles. The largest absolute Gasteiger partial charge is 0.296 e. The fourth-order valence-corrected chi connectivity index (χ4v) is 5.95.